The number of nitrogens with two attached hydrogens (primary N) is 1. The molecule has 0 radical (unpaired) electrons. The third-order valence-corrected chi connectivity index (χ3v) is 2.62. The van der Waals surface area contributed by atoms with Crippen molar-refractivity contribution in [1.29, 1.82) is 0 Å². The molecule has 0 saturated carbocycles. The van der Waals surface area contributed by atoms with Gasteiger partial charge in [0.25, 0.3) is 0 Å². The van der Waals surface area contributed by atoms with Crippen LogP contribution in [0.5, 0.6) is 0 Å². The Morgan fingerprint density at radius 1 is 1.17 bits per heavy atom. The lowest BCUT2D eigenvalue weighted by molar-refractivity contribution is 0.103. The van der Waals surface area contributed by atoms with E-state index < -0.39 is 5.82 Å². The highest BCUT2D eigenvalue weighted by molar-refractivity contribution is 6.08. The van der Waals surface area contributed by atoms with Crippen LogP contribution >= 0.6 is 0 Å². The third-order valence-electron chi connectivity index (χ3n) is 2.62. The SMILES string of the molecule is NCCc1ccc(C(=O)c2cncc(F)c2)cc1. The van der Waals surface area contributed by atoms with Gasteiger partial charge >= 0.3 is 0 Å². The molecule has 0 aliphatic heterocycles. The molecule has 0 saturated heterocycles. The maximum atomic E-state index is 13.0. The van der Waals surface area contributed by atoms with E-state index in [9.17, 15) is 9.18 Å². The molecule has 1 aromatic heterocycles. The molecule has 2 aromatic rings. The van der Waals surface area contributed by atoms with E-state index in [1.165, 1.54) is 12.3 Å². The van der Waals surface area contributed by atoms with E-state index in [1.54, 1.807) is 12.1 Å². The summed E-state index contributed by atoms with van der Waals surface area (Å²) < 4.78 is 13.0. The van der Waals surface area contributed by atoms with Gasteiger partial charge in [-0.15, -0.1) is 0 Å². The molecule has 0 amide bonds. The molecule has 4 heteroatoms. The molecule has 0 spiro atoms. The first-order valence-corrected chi connectivity index (χ1v) is 5.65. The van der Waals surface area contributed by atoms with Gasteiger partial charge in [-0.2, -0.15) is 0 Å². The topological polar surface area (TPSA) is 56.0 Å². The van der Waals surface area contributed by atoms with Crippen LogP contribution in [-0.2, 0) is 6.42 Å². The van der Waals surface area contributed by atoms with E-state index in [0.29, 0.717) is 12.1 Å². The Morgan fingerprint density at radius 3 is 2.50 bits per heavy atom. The van der Waals surface area contributed by atoms with Crippen LogP contribution in [0.15, 0.2) is 42.7 Å². The Hall–Kier alpha value is -2.07. The lowest BCUT2D eigenvalue weighted by atomic mass is 10.0. The number of carbonyl (C=O) groups excluding carboxylic acids is 1. The molecule has 0 bridgehead atoms. The van der Waals surface area contributed by atoms with Crippen molar-refractivity contribution in [1.82, 2.24) is 4.98 Å². The van der Waals surface area contributed by atoms with Gasteiger partial charge in [-0.25, -0.2) is 4.39 Å². The second-order valence-corrected chi connectivity index (χ2v) is 3.96. The van der Waals surface area contributed by atoms with Gasteiger partial charge in [-0.3, -0.25) is 9.78 Å². The fourth-order valence-corrected chi connectivity index (χ4v) is 1.69. The minimum absolute atomic E-state index is 0.235. The first kappa shape index (κ1) is 12.4. The zero-order valence-electron chi connectivity index (χ0n) is 9.77. The van der Waals surface area contributed by atoms with E-state index in [2.05, 4.69) is 4.98 Å². The molecule has 92 valence electrons. The van der Waals surface area contributed by atoms with Gasteiger partial charge in [0.15, 0.2) is 5.78 Å². The molecule has 0 unspecified atom stereocenters. The Morgan fingerprint density at radius 2 is 1.89 bits per heavy atom. The largest absolute Gasteiger partial charge is 0.330 e. The Kier molecular flexibility index (Phi) is 3.79. The number of carbonyl (C=O) groups is 1. The smallest absolute Gasteiger partial charge is 0.194 e. The number of hydrogen-bond acceptors (Lipinski definition) is 3. The molecule has 0 aliphatic carbocycles. The number of ketones is 1. The van der Waals surface area contributed by atoms with Crippen molar-refractivity contribution in [2.45, 2.75) is 6.42 Å². The maximum Gasteiger partial charge on any atom is 0.194 e. The molecule has 2 rings (SSSR count). The second-order valence-electron chi connectivity index (χ2n) is 3.96. The number of rotatable bonds is 4. The monoisotopic (exact) mass is 244 g/mol. The van der Waals surface area contributed by atoms with Crippen molar-refractivity contribution in [2.75, 3.05) is 6.54 Å². The highest BCUT2D eigenvalue weighted by Crippen LogP contribution is 2.11. The van der Waals surface area contributed by atoms with Crippen LogP contribution in [0.2, 0.25) is 0 Å². The zero-order valence-corrected chi connectivity index (χ0v) is 9.77. The average Bonchev–Trinajstić information content (AvgIpc) is 2.39. The molecular formula is C14H13FN2O. The third kappa shape index (κ3) is 2.78. The summed E-state index contributed by atoms with van der Waals surface area (Å²) in [7, 11) is 0. The molecule has 3 nitrogen and oxygen atoms in total. The van der Waals surface area contributed by atoms with Crippen molar-refractivity contribution in [3.8, 4) is 0 Å². The number of halogens is 1. The van der Waals surface area contributed by atoms with Crippen molar-refractivity contribution in [2.24, 2.45) is 5.73 Å². The lowest BCUT2D eigenvalue weighted by Gasteiger charge is -2.03. The Labute approximate surface area is 104 Å². The first-order valence-electron chi connectivity index (χ1n) is 5.65. The summed E-state index contributed by atoms with van der Waals surface area (Å²) in [4.78, 5) is 15.7. The summed E-state index contributed by atoms with van der Waals surface area (Å²) in [5.41, 5.74) is 7.29. The van der Waals surface area contributed by atoms with Crippen molar-refractivity contribution in [3.05, 3.63) is 65.2 Å². The summed E-state index contributed by atoms with van der Waals surface area (Å²) in [6.45, 7) is 0.571. The molecule has 1 heterocycles. The highest BCUT2D eigenvalue weighted by atomic mass is 19.1. The number of aromatic nitrogens is 1. The van der Waals surface area contributed by atoms with Gasteiger partial charge < -0.3 is 5.73 Å². The predicted octanol–water partition coefficient (Wildman–Crippen LogP) is 1.95. The average molecular weight is 244 g/mol. The van der Waals surface area contributed by atoms with Gasteiger partial charge in [-0.1, -0.05) is 24.3 Å². The van der Waals surface area contributed by atoms with Gasteiger partial charge in [0.05, 0.1) is 6.20 Å². The molecule has 1 aromatic carbocycles. The summed E-state index contributed by atoms with van der Waals surface area (Å²) in [6.07, 6.45) is 3.20. The van der Waals surface area contributed by atoms with Crippen LogP contribution < -0.4 is 5.73 Å². The summed E-state index contributed by atoms with van der Waals surface area (Å²) >= 11 is 0. The van der Waals surface area contributed by atoms with Crippen LogP contribution in [0.3, 0.4) is 0 Å². The van der Waals surface area contributed by atoms with Gasteiger partial charge in [0.2, 0.25) is 0 Å². The Bertz CT molecular complexity index is 552. The van der Waals surface area contributed by atoms with Crippen LogP contribution in [-0.4, -0.2) is 17.3 Å². The van der Waals surface area contributed by atoms with Crippen LogP contribution in [0.4, 0.5) is 4.39 Å². The van der Waals surface area contributed by atoms with E-state index in [0.717, 1.165) is 18.2 Å². The molecule has 0 fully saturated rings. The molecule has 2 N–H and O–H groups in total. The minimum Gasteiger partial charge on any atom is -0.330 e. The molecule has 0 atom stereocenters. The summed E-state index contributed by atoms with van der Waals surface area (Å²) in [5, 5.41) is 0. The number of pyridine rings is 1. The lowest BCUT2D eigenvalue weighted by Crippen LogP contribution is -2.05. The fourth-order valence-electron chi connectivity index (χ4n) is 1.69. The van der Waals surface area contributed by atoms with Crippen molar-refractivity contribution in [3.63, 3.8) is 0 Å². The second kappa shape index (κ2) is 5.51. The predicted molar refractivity (Wildman–Crippen MR) is 66.8 cm³/mol. The normalized spacial score (nSPS) is 10.3. The van der Waals surface area contributed by atoms with Crippen molar-refractivity contribution >= 4 is 5.78 Å². The van der Waals surface area contributed by atoms with E-state index in [1.807, 2.05) is 12.1 Å². The quantitative estimate of drug-likeness (QED) is 0.836. The minimum atomic E-state index is -0.513. The number of benzene rings is 1. The number of hydrogen-bond donors (Lipinski definition) is 1. The maximum absolute atomic E-state index is 13.0. The van der Waals surface area contributed by atoms with Gasteiger partial charge in [-0.05, 0) is 24.6 Å². The van der Waals surface area contributed by atoms with Crippen LogP contribution in [0, 0.1) is 5.82 Å². The summed E-state index contributed by atoms with van der Waals surface area (Å²) in [5.74, 6) is -0.748. The van der Waals surface area contributed by atoms with Crippen LogP contribution in [0.25, 0.3) is 0 Å². The van der Waals surface area contributed by atoms with Gasteiger partial charge in [0.1, 0.15) is 5.82 Å². The fraction of sp³-hybridized carbons (Fsp3) is 0.143. The molecule has 0 aliphatic rings. The highest BCUT2D eigenvalue weighted by Gasteiger charge is 2.10. The standard InChI is InChI=1S/C14H13FN2O/c15-13-7-12(8-17-9-13)14(18)11-3-1-10(2-4-11)5-6-16/h1-4,7-9H,5-6,16H2. The first-order chi connectivity index (χ1) is 8.70. The Balaban J connectivity index is 2.23. The zero-order chi connectivity index (χ0) is 13.0. The molecule has 18 heavy (non-hydrogen) atoms. The molecular weight excluding hydrogens is 231 g/mol. The number of nitrogens with zero attached hydrogens (tertiary/aromatic N) is 1. The van der Waals surface area contributed by atoms with Crippen LogP contribution in [0.1, 0.15) is 21.5 Å². The van der Waals surface area contributed by atoms with E-state index >= 15 is 0 Å². The van der Waals surface area contributed by atoms with Crippen molar-refractivity contribution < 1.29 is 9.18 Å². The van der Waals surface area contributed by atoms with E-state index in [4.69, 9.17) is 5.73 Å². The van der Waals surface area contributed by atoms with E-state index in [-0.39, 0.29) is 11.3 Å². The van der Waals surface area contributed by atoms with Gasteiger partial charge in [0, 0.05) is 17.3 Å². The summed E-state index contributed by atoms with van der Waals surface area (Å²) in [6, 6.07) is 8.33.